The summed E-state index contributed by atoms with van der Waals surface area (Å²) in [6.45, 7) is 6.55. The molecule has 0 aliphatic carbocycles. The van der Waals surface area contributed by atoms with Gasteiger partial charge in [0.25, 0.3) is 0 Å². The van der Waals surface area contributed by atoms with E-state index < -0.39 is 12.4 Å². The van der Waals surface area contributed by atoms with E-state index in [2.05, 4.69) is 45.9 Å². The highest BCUT2D eigenvalue weighted by molar-refractivity contribution is 8.15. The number of alkyl halides is 3. The second kappa shape index (κ2) is 12.5. The molecule has 0 spiro atoms. The number of hydrogen-bond donors (Lipinski definition) is 1. The molecule has 0 bridgehead atoms. The van der Waals surface area contributed by atoms with Gasteiger partial charge in [0.05, 0.1) is 17.1 Å². The zero-order chi connectivity index (χ0) is 31.5. The number of amides is 3. The van der Waals surface area contributed by atoms with Gasteiger partial charge in [-0.15, -0.1) is 18.3 Å². The van der Waals surface area contributed by atoms with E-state index in [0.717, 1.165) is 22.4 Å². The Morgan fingerprint density at radius 3 is 2.41 bits per heavy atom. The van der Waals surface area contributed by atoms with Gasteiger partial charge >= 0.3 is 12.4 Å². The van der Waals surface area contributed by atoms with Crippen molar-refractivity contribution in [2.24, 2.45) is 4.99 Å². The van der Waals surface area contributed by atoms with Crippen molar-refractivity contribution in [1.82, 2.24) is 20.1 Å². The van der Waals surface area contributed by atoms with Gasteiger partial charge in [-0.2, -0.15) is 4.99 Å². The molecule has 44 heavy (non-hydrogen) atoms. The van der Waals surface area contributed by atoms with E-state index >= 15 is 0 Å². The van der Waals surface area contributed by atoms with Crippen LogP contribution in [0.2, 0.25) is 0 Å². The van der Waals surface area contributed by atoms with Crippen LogP contribution >= 0.6 is 11.8 Å². The quantitative estimate of drug-likeness (QED) is 0.252. The van der Waals surface area contributed by atoms with Crippen LogP contribution in [-0.4, -0.2) is 50.5 Å². The maximum Gasteiger partial charge on any atom is 0.573 e. The lowest BCUT2D eigenvalue weighted by Gasteiger charge is -2.27. The zero-order valence-corrected chi connectivity index (χ0v) is 24.9. The van der Waals surface area contributed by atoms with Crippen LogP contribution in [0.4, 0.5) is 23.7 Å². The summed E-state index contributed by atoms with van der Waals surface area (Å²) in [5, 5.41) is 7.56. The molecule has 0 atom stereocenters. The van der Waals surface area contributed by atoms with Gasteiger partial charge in [0, 0.05) is 12.1 Å². The van der Waals surface area contributed by atoms with Crippen molar-refractivity contribution in [1.29, 1.82) is 0 Å². The molecule has 13 heteroatoms. The van der Waals surface area contributed by atoms with Crippen LogP contribution in [-0.2, 0) is 16.6 Å². The van der Waals surface area contributed by atoms with E-state index in [0.29, 0.717) is 29.6 Å². The summed E-state index contributed by atoms with van der Waals surface area (Å²) in [7, 11) is 0. The number of anilines is 1. The highest BCUT2D eigenvalue weighted by atomic mass is 32.2. The fourth-order valence-corrected chi connectivity index (χ4v) is 5.42. The molecular weight excluding hydrogens is 593 g/mol. The number of thioether (sulfide) groups is 1. The van der Waals surface area contributed by atoms with Crippen molar-refractivity contribution >= 4 is 34.6 Å². The van der Waals surface area contributed by atoms with Crippen molar-refractivity contribution in [3.63, 3.8) is 0 Å². The smallest absolute Gasteiger partial charge is 0.406 e. The molecule has 0 unspecified atom stereocenters. The molecule has 228 valence electrons. The molecule has 1 aliphatic rings. The fourth-order valence-electron chi connectivity index (χ4n) is 4.57. The lowest BCUT2D eigenvalue weighted by molar-refractivity contribution is -0.274. The molecule has 4 aromatic rings. The number of nitrogens with one attached hydrogen (secondary N) is 1. The maximum atomic E-state index is 12.7. The van der Waals surface area contributed by atoms with Gasteiger partial charge in [-0.1, -0.05) is 75.0 Å². The SMILES string of the molecule is CC(C)(C)c1ccccc1N1C(=O)CSC1=NC(=O)NCCc1ccc(-c2ncn(-c3ccc(OC(F)(F)F)cc3)n2)cc1. The van der Waals surface area contributed by atoms with E-state index in [1.807, 2.05) is 48.5 Å². The van der Waals surface area contributed by atoms with Gasteiger partial charge in [-0.3, -0.25) is 9.69 Å². The third-order valence-corrected chi connectivity index (χ3v) is 7.57. The summed E-state index contributed by atoms with van der Waals surface area (Å²) < 4.78 is 42.5. The topological polar surface area (TPSA) is 102 Å². The van der Waals surface area contributed by atoms with Crippen molar-refractivity contribution < 1.29 is 27.5 Å². The second-order valence-corrected chi connectivity index (χ2v) is 11.9. The number of benzene rings is 3. The van der Waals surface area contributed by atoms with Crippen LogP contribution in [0.3, 0.4) is 0 Å². The summed E-state index contributed by atoms with van der Waals surface area (Å²) in [6, 6.07) is 19.9. The zero-order valence-electron chi connectivity index (χ0n) is 24.1. The van der Waals surface area contributed by atoms with Crippen LogP contribution < -0.4 is 15.0 Å². The Morgan fingerprint density at radius 1 is 1.02 bits per heavy atom. The molecule has 1 saturated heterocycles. The minimum atomic E-state index is -4.76. The number of amidine groups is 1. The van der Waals surface area contributed by atoms with Crippen LogP contribution in [0.15, 0.2) is 84.1 Å². The van der Waals surface area contributed by atoms with Gasteiger partial charge in [-0.05, 0) is 53.3 Å². The number of carbonyl (C=O) groups excluding carboxylic acids is 2. The largest absolute Gasteiger partial charge is 0.573 e. The minimum absolute atomic E-state index is 0.119. The maximum absolute atomic E-state index is 12.7. The molecule has 0 radical (unpaired) electrons. The standard InChI is InChI=1S/C31H29F3N6O3S/c1-30(2,3)24-6-4-5-7-25(24)40-26(41)18-44-29(40)37-28(42)35-17-16-20-8-10-21(11-9-20)27-36-19-39(38-27)22-12-14-23(15-13-22)43-31(32,33)34/h4-15,19H,16-18H2,1-3H3,(H,35,42). The van der Waals surface area contributed by atoms with E-state index in [4.69, 9.17) is 0 Å². The highest BCUT2D eigenvalue weighted by Gasteiger charge is 2.34. The lowest BCUT2D eigenvalue weighted by Crippen LogP contribution is -2.33. The number of rotatable bonds is 7. The minimum Gasteiger partial charge on any atom is -0.406 e. The van der Waals surface area contributed by atoms with Crippen LogP contribution in [0.1, 0.15) is 31.9 Å². The van der Waals surface area contributed by atoms with E-state index in [9.17, 15) is 22.8 Å². The summed E-state index contributed by atoms with van der Waals surface area (Å²) in [5.41, 5.74) is 3.76. The molecule has 1 N–H and O–H groups in total. The number of urea groups is 1. The number of halogens is 3. The Kier molecular flexibility index (Phi) is 8.77. The highest BCUT2D eigenvalue weighted by Crippen LogP contribution is 2.36. The number of ether oxygens (including phenoxy) is 1. The molecule has 3 amide bonds. The first-order valence-corrected chi connectivity index (χ1v) is 14.6. The number of para-hydroxylation sites is 1. The molecule has 1 aromatic heterocycles. The second-order valence-electron chi connectivity index (χ2n) is 10.9. The Bertz CT molecular complexity index is 1680. The summed E-state index contributed by atoms with van der Waals surface area (Å²) in [4.78, 5) is 35.4. The molecule has 9 nitrogen and oxygen atoms in total. The average Bonchev–Trinajstić information content (AvgIpc) is 3.60. The first kappa shape index (κ1) is 30.8. The predicted octanol–water partition coefficient (Wildman–Crippen LogP) is 6.52. The number of carbonyl (C=O) groups is 2. The van der Waals surface area contributed by atoms with Crippen molar-refractivity contribution in [2.45, 2.75) is 39.0 Å². The monoisotopic (exact) mass is 622 g/mol. The molecule has 5 rings (SSSR count). The van der Waals surface area contributed by atoms with Gasteiger partial charge in [0.15, 0.2) is 11.0 Å². The van der Waals surface area contributed by atoms with E-state index in [1.54, 1.807) is 0 Å². The van der Waals surface area contributed by atoms with Crippen molar-refractivity contribution in [3.8, 4) is 22.8 Å². The Morgan fingerprint density at radius 2 is 1.73 bits per heavy atom. The normalized spacial score (nSPS) is 14.7. The Balaban J connectivity index is 1.17. The third kappa shape index (κ3) is 7.46. The Hall–Kier alpha value is -4.65. The summed E-state index contributed by atoms with van der Waals surface area (Å²) in [6.07, 6.45) is -2.74. The molecule has 0 saturated carbocycles. The van der Waals surface area contributed by atoms with Gasteiger partial charge in [0.2, 0.25) is 5.91 Å². The molecule has 2 heterocycles. The van der Waals surface area contributed by atoms with Gasteiger partial charge < -0.3 is 10.1 Å². The first-order chi connectivity index (χ1) is 20.9. The van der Waals surface area contributed by atoms with Crippen LogP contribution in [0.5, 0.6) is 5.75 Å². The number of aromatic nitrogens is 3. The Labute approximate surface area is 256 Å². The summed E-state index contributed by atoms with van der Waals surface area (Å²) in [5.74, 6) is 0.216. The van der Waals surface area contributed by atoms with Gasteiger partial charge in [0.1, 0.15) is 12.1 Å². The third-order valence-electron chi connectivity index (χ3n) is 6.64. The van der Waals surface area contributed by atoms with Crippen LogP contribution in [0, 0.1) is 0 Å². The predicted molar refractivity (Wildman–Crippen MR) is 163 cm³/mol. The van der Waals surface area contributed by atoms with Gasteiger partial charge in [-0.25, -0.2) is 14.5 Å². The number of aliphatic imine (C=N–C) groups is 1. The van der Waals surface area contributed by atoms with Crippen molar-refractivity contribution in [3.05, 3.63) is 90.3 Å². The molecule has 3 aromatic carbocycles. The molecule has 1 fully saturated rings. The van der Waals surface area contributed by atoms with Crippen LogP contribution in [0.25, 0.3) is 17.1 Å². The molecular formula is C31H29F3N6O3S. The number of hydrogen-bond acceptors (Lipinski definition) is 6. The first-order valence-electron chi connectivity index (χ1n) is 13.7. The van der Waals surface area contributed by atoms with Crippen molar-refractivity contribution in [2.75, 3.05) is 17.2 Å². The molecule has 1 aliphatic heterocycles. The average molecular weight is 623 g/mol. The number of nitrogens with zero attached hydrogens (tertiary/aromatic N) is 5. The van der Waals surface area contributed by atoms with E-state index in [1.165, 1.54) is 51.9 Å². The summed E-state index contributed by atoms with van der Waals surface area (Å²) >= 11 is 1.24. The van der Waals surface area contributed by atoms with E-state index in [-0.39, 0.29) is 22.8 Å². The fraction of sp³-hybridized carbons (Fsp3) is 0.258. The lowest BCUT2D eigenvalue weighted by atomic mass is 9.85.